The molecular formula is C24H34F3N3O4. The number of piperidine rings is 1. The van der Waals surface area contributed by atoms with Crippen molar-refractivity contribution in [3.63, 3.8) is 0 Å². The Morgan fingerprint density at radius 3 is 2.62 bits per heavy atom. The Morgan fingerprint density at radius 1 is 1.15 bits per heavy atom. The lowest BCUT2D eigenvalue weighted by molar-refractivity contribution is -0.274. The largest absolute Gasteiger partial charge is 0.573 e. The van der Waals surface area contributed by atoms with Crippen LogP contribution in [-0.4, -0.2) is 90.3 Å². The van der Waals surface area contributed by atoms with E-state index in [1.165, 1.54) is 18.2 Å². The third kappa shape index (κ3) is 6.14. The van der Waals surface area contributed by atoms with Crippen molar-refractivity contribution in [3.8, 4) is 5.75 Å². The summed E-state index contributed by atoms with van der Waals surface area (Å²) >= 11 is 0. The summed E-state index contributed by atoms with van der Waals surface area (Å²) < 4.78 is 41.7. The van der Waals surface area contributed by atoms with Crippen LogP contribution in [0.15, 0.2) is 24.3 Å². The van der Waals surface area contributed by atoms with Crippen LogP contribution in [0.2, 0.25) is 0 Å². The number of anilines is 1. The van der Waals surface area contributed by atoms with E-state index in [2.05, 4.69) is 9.64 Å². The number of β-amino-alcohol motifs (C(OH)–C–C–N with tert-alkyl or cyclic N) is 1. The Kier molecular flexibility index (Phi) is 7.59. The molecule has 2 atom stereocenters. The summed E-state index contributed by atoms with van der Waals surface area (Å²) in [5, 5.41) is 20.4. The number of alkyl halides is 3. The van der Waals surface area contributed by atoms with Crippen LogP contribution in [0.3, 0.4) is 0 Å². The van der Waals surface area contributed by atoms with Crippen LogP contribution in [0.5, 0.6) is 5.75 Å². The predicted molar refractivity (Wildman–Crippen MR) is 121 cm³/mol. The molecule has 4 rings (SSSR count). The van der Waals surface area contributed by atoms with Crippen LogP contribution < -0.4 is 9.64 Å². The average molecular weight is 486 g/mol. The van der Waals surface area contributed by atoms with Gasteiger partial charge in [-0.15, -0.1) is 13.2 Å². The Balaban J connectivity index is 1.29. The molecule has 34 heavy (non-hydrogen) atoms. The predicted octanol–water partition coefficient (Wildman–Crippen LogP) is 2.61. The molecule has 10 heteroatoms. The van der Waals surface area contributed by atoms with Gasteiger partial charge in [-0.25, -0.2) is 0 Å². The average Bonchev–Trinajstić information content (AvgIpc) is 3.58. The minimum absolute atomic E-state index is 0.0617. The summed E-state index contributed by atoms with van der Waals surface area (Å²) in [5.41, 5.74) is 0.737. The number of hydrogen-bond acceptors (Lipinski definition) is 6. The van der Waals surface area contributed by atoms with Gasteiger partial charge in [-0.2, -0.15) is 0 Å². The van der Waals surface area contributed by atoms with Crippen LogP contribution in [0.25, 0.3) is 0 Å². The Bertz CT molecular complexity index is 849. The molecule has 2 aliphatic heterocycles. The molecule has 3 fully saturated rings. The van der Waals surface area contributed by atoms with Crippen molar-refractivity contribution >= 4 is 11.6 Å². The van der Waals surface area contributed by atoms with Gasteiger partial charge in [0.15, 0.2) is 0 Å². The molecule has 1 spiro atoms. The van der Waals surface area contributed by atoms with E-state index in [9.17, 15) is 28.2 Å². The van der Waals surface area contributed by atoms with Gasteiger partial charge in [0.05, 0.1) is 18.8 Å². The van der Waals surface area contributed by atoms with Crippen LogP contribution in [0.1, 0.15) is 38.5 Å². The lowest BCUT2D eigenvalue weighted by atomic mass is 9.90. The van der Waals surface area contributed by atoms with E-state index in [0.29, 0.717) is 38.3 Å². The van der Waals surface area contributed by atoms with Gasteiger partial charge in [0.25, 0.3) is 0 Å². The number of aliphatic hydroxyl groups excluding tert-OH is 2. The van der Waals surface area contributed by atoms with E-state index < -0.39 is 6.36 Å². The van der Waals surface area contributed by atoms with Gasteiger partial charge >= 0.3 is 6.36 Å². The molecule has 0 radical (unpaired) electrons. The molecular weight excluding hydrogens is 451 g/mol. The number of carbonyl (C=O) groups excluding carboxylic acids is 1. The molecule has 1 aliphatic carbocycles. The molecule has 3 aliphatic rings. The Hall–Kier alpha value is -2.04. The van der Waals surface area contributed by atoms with Crippen LogP contribution >= 0.6 is 0 Å². The number of benzene rings is 1. The zero-order valence-corrected chi connectivity index (χ0v) is 19.3. The van der Waals surface area contributed by atoms with Gasteiger partial charge in [0, 0.05) is 44.4 Å². The summed E-state index contributed by atoms with van der Waals surface area (Å²) in [7, 11) is 0. The van der Waals surface area contributed by atoms with Crippen molar-refractivity contribution in [2.75, 3.05) is 50.8 Å². The summed E-state index contributed by atoms with van der Waals surface area (Å²) in [6.07, 6.45) is -0.0268. The number of carbonyl (C=O) groups is 1. The summed E-state index contributed by atoms with van der Waals surface area (Å²) in [6, 6.07) is 5.48. The number of nitrogens with zero attached hydrogens (tertiary/aromatic N) is 3. The lowest BCUT2D eigenvalue weighted by Crippen LogP contribution is -2.46. The topological polar surface area (TPSA) is 76.5 Å². The highest BCUT2D eigenvalue weighted by molar-refractivity contribution is 5.78. The van der Waals surface area contributed by atoms with Crippen molar-refractivity contribution in [3.05, 3.63) is 24.3 Å². The first-order valence-electron chi connectivity index (χ1n) is 12.1. The summed E-state index contributed by atoms with van der Waals surface area (Å²) in [6.45, 7) is 3.60. The molecule has 2 heterocycles. The van der Waals surface area contributed by atoms with Gasteiger partial charge < -0.3 is 29.6 Å². The van der Waals surface area contributed by atoms with Crippen molar-refractivity contribution in [1.29, 1.82) is 0 Å². The molecule has 2 unspecified atom stereocenters. The lowest BCUT2D eigenvalue weighted by Gasteiger charge is -2.37. The minimum Gasteiger partial charge on any atom is -0.406 e. The standard InChI is InChI=1S/C24H34F3N3O4/c25-24(26,27)34-20-5-1-3-18(15-20)29-11-6-22(33)30(14-13-29)19(17-31)4-2-10-28-12-9-23(7-8-23)21(32)16-28/h1,3,5,15,19,21,31-32H,2,4,6-14,16-17H2. The quantitative estimate of drug-likeness (QED) is 0.590. The van der Waals surface area contributed by atoms with Crippen molar-refractivity contribution in [1.82, 2.24) is 9.80 Å². The molecule has 2 saturated heterocycles. The van der Waals surface area contributed by atoms with Crippen molar-refractivity contribution in [2.45, 2.75) is 57.0 Å². The maximum Gasteiger partial charge on any atom is 0.573 e. The van der Waals surface area contributed by atoms with Gasteiger partial charge in [0.1, 0.15) is 5.75 Å². The fourth-order valence-corrected chi connectivity index (χ4v) is 5.28. The number of rotatable bonds is 8. The molecule has 2 N–H and O–H groups in total. The molecule has 1 amide bonds. The van der Waals surface area contributed by atoms with Crippen LogP contribution in [-0.2, 0) is 4.79 Å². The van der Waals surface area contributed by atoms with Crippen LogP contribution in [0, 0.1) is 5.41 Å². The van der Waals surface area contributed by atoms with Gasteiger partial charge in [-0.3, -0.25) is 4.79 Å². The molecule has 1 saturated carbocycles. The Morgan fingerprint density at radius 2 is 1.94 bits per heavy atom. The van der Waals surface area contributed by atoms with Crippen molar-refractivity contribution in [2.24, 2.45) is 5.41 Å². The Labute approximate surface area is 198 Å². The first-order valence-corrected chi connectivity index (χ1v) is 12.1. The third-order valence-electron chi connectivity index (χ3n) is 7.56. The highest BCUT2D eigenvalue weighted by Crippen LogP contribution is 2.53. The first kappa shape index (κ1) is 25.1. The second-order valence-corrected chi connectivity index (χ2v) is 9.78. The van der Waals surface area contributed by atoms with Crippen LogP contribution in [0.4, 0.5) is 18.9 Å². The minimum atomic E-state index is -4.76. The summed E-state index contributed by atoms with van der Waals surface area (Å²) in [5.74, 6) is -0.352. The van der Waals surface area contributed by atoms with Gasteiger partial charge in [-0.05, 0) is 62.7 Å². The molecule has 190 valence electrons. The second kappa shape index (κ2) is 10.3. The normalized spacial score (nSPS) is 24.3. The highest BCUT2D eigenvalue weighted by Gasteiger charge is 2.51. The number of aliphatic hydroxyl groups is 2. The van der Waals surface area contributed by atoms with E-state index >= 15 is 0 Å². The molecule has 1 aromatic rings. The maximum absolute atomic E-state index is 12.8. The van der Waals surface area contributed by atoms with Crippen molar-refractivity contribution < 1.29 is 32.9 Å². The SMILES string of the molecule is O=C1CCN(c2cccc(OC(F)(F)F)c2)CCN1C(CO)CCCN1CCC2(CC2)C(O)C1. The highest BCUT2D eigenvalue weighted by atomic mass is 19.4. The third-order valence-corrected chi connectivity index (χ3v) is 7.56. The van der Waals surface area contributed by atoms with Gasteiger partial charge in [-0.1, -0.05) is 6.07 Å². The number of hydrogen-bond donors (Lipinski definition) is 2. The zero-order valence-electron chi connectivity index (χ0n) is 19.3. The van der Waals surface area contributed by atoms with E-state index in [1.54, 1.807) is 11.0 Å². The molecule has 0 bridgehead atoms. The monoisotopic (exact) mass is 485 g/mol. The molecule has 1 aromatic carbocycles. The maximum atomic E-state index is 12.8. The second-order valence-electron chi connectivity index (χ2n) is 9.78. The first-order chi connectivity index (χ1) is 16.2. The number of halogens is 3. The van der Waals surface area contributed by atoms with E-state index in [1.807, 2.05) is 4.90 Å². The number of ether oxygens (including phenoxy) is 1. The van der Waals surface area contributed by atoms with Gasteiger partial charge in [0.2, 0.25) is 5.91 Å². The fraction of sp³-hybridized carbons (Fsp3) is 0.708. The molecule has 0 aromatic heterocycles. The van der Waals surface area contributed by atoms with E-state index in [0.717, 1.165) is 38.8 Å². The smallest absolute Gasteiger partial charge is 0.406 e. The fourth-order valence-electron chi connectivity index (χ4n) is 5.28. The summed E-state index contributed by atoms with van der Waals surface area (Å²) in [4.78, 5) is 18.7. The number of amides is 1. The number of likely N-dealkylation sites (tertiary alicyclic amines) is 1. The molecule has 7 nitrogen and oxygen atoms in total. The zero-order chi connectivity index (χ0) is 24.3. The van der Waals surface area contributed by atoms with E-state index in [-0.39, 0.29) is 42.2 Å². The van der Waals surface area contributed by atoms with E-state index in [4.69, 9.17) is 0 Å².